The average molecular weight is 292 g/mol. The van der Waals surface area contributed by atoms with E-state index >= 15 is 0 Å². The highest BCUT2D eigenvalue weighted by molar-refractivity contribution is 6.67. The Morgan fingerprint density at radius 1 is 1.25 bits per heavy atom. The summed E-state index contributed by atoms with van der Waals surface area (Å²) in [5.74, 6) is 0. The molecule has 1 heterocycles. The fraction of sp³-hybridized carbons (Fsp3) is 0.0769. The first-order valence-corrected chi connectivity index (χ1v) is 6.08. The van der Waals surface area contributed by atoms with Crippen LogP contribution in [0.25, 0.3) is 11.9 Å². The molecule has 7 heteroatoms. The molecular weight excluding hydrogens is 282 g/mol. The number of para-hydroxylation sites is 1. The van der Waals surface area contributed by atoms with Gasteiger partial charge in [0.15, 0.2) is 0 Å². The molecule has 2 rings (SSSR count). The molecule has 102 valence electrons. The van der Waals surface area contributed by atoms with Crippen molar-refractivity contribution < 1.29 is 4.79 Å². The zero-order chi connectivity index (χ0) is 14.7. The van der Waals surface area contributed by atoms with Gasteiger partial charge in [-0.3, -0.25) is 9.59 Å². The molecule has 0 spiro atoms. The van der Waals surface area contributed by atoms with Crippen LogP contribution in [-0.2, 0) is 0 Å². The molecule has 0 unspecified atom stereocenters. The molecule has 20 heavy (non-hydrogen) atoms. The van der Waals surface area contributed by atoms with Gasteiger partial charge in [-0.2, -0.15) is 9.78 Å². The van der Waals surface area contributed by atoms with Crippen molar-refractivity contribution >= 4 is 23.0 Å². The summed E-state index contributed by atoms with van der Waals surface area (Å²) < 4.78 is 1.74. The number of nitrogens with zero attached hydrogens (tertiary/aromatic N) is 3. The summed E-state index contributed by atoms with van der Waals surface area (Å²) in [4.78, 5) is 35.4. The molecule has 0 saturated heterocycles. The van der Waals surface area contributed by atoms with Crippen molar-refractivity contribution in [3.63, 3.8) is 0 Å². The second-order valence-electron chi connectivity index (χ2n) is 3.81. The fourth-order valence-corrected chi connectivity index (χ4v) is 1.75. The largest absolute Gasteiger partial charge is 0.356 e. The minimum atomic E-state index is -1.02. The van der Waals surface area contributed by atoms with Gasteiger partial charge in [-0.15, -0.1) is 0 Å². The Morgan fingerprint density at radius 3 is 2.45 bits per heavy atom. The van der Waals surface area contributed by atoms with E-state index in [1.807, 2.05) is 0 Å². The number of allylic oxidation sites excluding steroid dienone is 1. The van der Waals surface area contributed by atoms with Crippen LogP contribution in [0.4, 0.5) is 0 Å². The van der Waals surface area contributed by atoms with Crippen LogP contribution in [0.1, 0.15) is 17.4 Å². The number of halogens is 1. The van der Waals surface area contributed by atoms with E-state index in [0.29, 0.717) is 5.69 Å². The van der Waals surface area contributed by atoms with Gasteiger partial charge in [0.05, 0.1) is 5.69 Å². The summed E-state index contributed by atoms with van der Waals surface area (Å²) in [5, 5.41) is 2.72. The van der Waals surface area contributed by atoms with E-state index in [0.717, 1.165) is 9.25 Å². The zero-order valence-electron chi connectivity index (χ0n) is 10.5. The van der Waals surface area contributed by atoms with Crippen molar-refractivity contribution in [2.24, 2.45) is 0 Å². The Morgan fingerprint density at radius 2 is 1.90 bits per heavy atom. The lowest BCUT2D eigenvalue weighted by Crippen LogP contribution is -2.41. The van der Waals surface area contributed by atoms with Gasteiger partial charge in [-0.1, -0.05) is 24.3 Å². The SMILES string of the molecule is C/C=C\n1c(=O)c(C(=O)Cl)nn(-c2ccccc2)c1=O. The molecule has 0 atom stereocenters. The van der Waals surface area contributed by atoms with Crippen molar-refractivity contribution in [1.29, 1.82) is 0 Å². The highest BCUT2D eigenvalue weighted by atomic mass is 35.5. The number of rotatable bonds is 3. The maximum absolute atomic E-state index is 12.2. The van der Waals surface area contributed by atoms with Crippen molar-refractivity contribution in [2.75, 3.05) is 0 Å². The van der Waals surface area contributed by atoms with E-state index in [9.17, 15) is 14.4 Å². The van der Waals surface area contributed by atoms with E-state index in [2.05, 4.69) is 5.10 Å². The molecule has 0 saturated carbocycles. The van der Waals surface area contributed by atoms with Gasteiger partial charge in [0.2, 0.25) is 5.69 Å². The minimum Gasteiger partial charge on any atom is -0.274 e. The molecule has 1 aromatic carbocycles. The highest BCUT2D eigenvalue weighted by Crippen LogP contribution is 2.02. The maximum Gasteiger partial charge on any atom is 0.356 e. The van der Waals surface area contributed by atoms with E-state index in [1.165, 1.54) is 12.3 Å². The highest BCUT2D eigenvalue weighted by Gasteiger charge is 2.17. The molecule has 0 fully saturated rings. The van der Waals surface area contributed by atoms with E-state index < -0.39 is 22.2 Å². The first-order valence-electron chi connectivity index (χ1n) is 5.70. The third-order valence-corrected chi connectivity index (χ3v) is 2.67. The van der Waals surface area contributed by atoms with E-state index in [1.54, 1.807) is 37.3 Å². The van der Waals surface area contributed by atoms with Crippen LogP contribution in [0, 0.1) is 0 Å². The van der Waals surface area contributed by atoms with Gasteiger partial charge in [0.25, 0.3) is 10.8 Å². The van der Waals surface area contributed by atoms with E-state index in [4.69, 9.17) is 11.6 Å². The minimum absolute atomic E-state index is 0.426. The predicted molar refractivity (Wildman–Crippen MR) is 75.3 cm³/mol. The summed E-state index contributed by atoms with van der Waals surface area (Å²) in [5.41, 5.74) is -1.61. The standard InChI is InChI=1S/C13H10ClN3O3/c1-2-8-16-12(19)10(11(14)18)15-17(13(16)20)9-6-4-3-5-7-9/h2-8H,1H3/b8-2-. The van der Waals surface area contributed by atoms with Crippen molar-refractivity contribution in [3.8, 4) is 5.69 Å². The number of benzene rings is 1. The Balaban J connectivity index is 2.86. The maximum atomic E-state index is 12.2. The topological polar surface area (TPSA) is 74.0 Å². The lowest BCUT2D eigenvalue weighted by atomic mass is 10.3. The zero-order valence-corrected chi connectivity index (χ0v) is 11.2. The van der Waals surface area contributed by atoms with Gasteiger partial charge in [0.1, 0.15) is 0 Å². The second-order valence-corrected chi connectivity index (χ2v) is 4.15. The van der Waals surface area contributed by atoms with Gasteiger partial charge in [-0.05, 0) is 30.7 Å². The summed E-state index contributed by atoms with van der Waals surface area (Å²) in [6.07, 6.45) is 2.76. The third-order valence-electron chi connectivity index (χ3n) is 2.49. The number of carbonyl (C=O) groups is 1. The third kappa shape index (κ3) is 2.46. The van der Waals surface area contributed by atoms with Gasteiger partial charge in [0, 0.05) is 6.20 Å². The van der Waals surface area contributed by atoms with Gasteiger partial charge < -0.3 is 0 Å². The summed E-state index contributed by atoms with van der Waals surface area (Å²) in [6.45, 7) is 1.64. The quantitative estimate of drug-likeness (QED) is 0.798. The van der Waals surface area contributed by atoms with Crippen molar-refractivity contribution in [2.45, 2.75) is 6.92 Å². The number of hydrogen-bond donors (Lipinski definition) is 0. The molecule has 1 aromatic heterocycles. The van der Waals surface area contributed by atoms with Crippen LogP contribution in [0.2, 0.25) is 0 Å². The van der Waals surface area contributed by atoms with Crippen LogP contribution in [0.5, 0.6) is 0 Å². The Hall–Kier alpha value is -2.47. The second kappa shape index (κ2) is 5.66. The monoisotopic (exact) mass is 291 g/mol. The predicted octanol–water partition coefficient (Wildman–Crippen LogP) is 1.26. The Bertz CT molecular complexity index is 791. The Kier molecular flexibility index (Phi) is 3.95. The molecule has 0 amide bonds. The molecule has 2 aromatic rings. The molecular formula is C13H10ClN3O3. The molecule has 0 aliphatic heterocycles. The Labute approximate surface area is 118 Å². The molecule has 0 aliphatic rings. The summed E-state index contributed by atoms with van der Waals surface area (Å²) >= 11 is 5.34. The smallest absolute Gasteiger partial charge is 0.274 e. The summed E-state index contributed by atoms with van der Waals surface area (Å²) in [7, 11) is 0. The van der Waals surface area contributed by atoms with Crippen molar-refractivity contribution in [1.82, 2.24) is 14.3 Å². The van der Waals surface area contributed by atoms with Gasteiger partial charge >= 0.3 is 5.69 Å². The van der Waals surface area contributed by atoms with Gasteiger partial charge in [-0.25, -0.2) is 9.36 Å². The number of hydrogen-bond acceptors (Lipinski definition) is 4. The molecule has 0 N–H and O–H groups in total. The summed E-state index contributed by atoms with van der Waals surface area (Å²) in [6, 6.07) is 8.43. The normalized spacial score (nSPS) is 10.9. The van der Waals surface area contributed by atoms with Crippen LogP contribution in [0.15, 0.2) is 46.0 Å². The van der Waals surface area contributed by atoms with Crippen LogP contribution < -0.4 is 11.2 Å². The lowest BCUT2D eigenvalue weighted by Gasteiger charge is -2.07. The van der Waals surface area contributed by atoms with Crippen LogP contribution in [0.3, 0.4) is 0 Å². The number of carbonyl (C=O) groups excluding carboxylic acids is 1. The van der Waals surface area contributed by atoms with Crippen LogP contribution >= 0.6 is 11.6 Å². The fourth-order valence-electron chi connectivity index (χ4n) is 1.63. The first kappa shape index (κ1) is 14.0. The molecule has 0 bridgehead atoms. The van der Waals surface area contributed by atoms with Crippen LogP contribution in [-0.4, -0.2) is 19.6 Å². The first-order chi connectivity index (χ1) is 9.56. The lowest BCUT2D eigenvalue weighted by molar-refractivity contribution is 0.107. The molecule has 0 radical (unpaired) electrons. The number of aromatic nitrogens is 3. The molecule has 6 nitrogen and oxygen atoms in total. The van der Waals surface area contributed by atoms with E-state index in [-0.39, 0.29) is 0 Å². The van der Waals surface area contributed by atoms with Crippen molar-refractivity contribution in [3.05, 3.63) is 62.9 Å². The molecule has 0 aliphatic carbocycles. The average Bonchev–Trinajstić information content (AvgIpc) is 2.44.